The molecule has 1 amide bonds. The molecule has 0 aliphatic rings. The Balaban J connectivity index is 1.87. The number of aromatic nitrogens is 4. The first-order chi connectivity index (χ1) is 19.5. The lowest BCUT2D eigenvalue weighted by Crippen LogP contribution is -2.31. The summed E-state index contributed by atoms with van der Waals surface area (Å²) in [6, 6.07) is 15.0. The van der Waals surface area contributed by atoms with Crippen LogP contribution in [0.25, 0.3) is 11.6 Å². The minimum Gasteiger partial charge on any atom is -0.493 e. The van der Waals surface area contributed by atoms with Gasteiger partial charge in [-0.15, -0.1) is 0 Å². The van der Waals surface area contributed by atoms with Gasteiger partial charge in [-0.25, -0.2) is 34.2 Å². The number of carbonyl (C=O) groups is 1. The number of nitrogens with one attached hydrogen (secondary N) is 2. The maximum Gasteiger partial charge on any atom is 0.263 e. The number of anilines is 1. The number of sulfonamides is 1. The van der Waals surface area contributed by atoms with Crippen molar-refractivity contribution < 1.29 is 22.7 Å². The summed E-state index contributed by atoms with van der Waals surface area (Å²) in [5, 5.41) is 0.137. The van der Waals surface area contributed by atoms with Gasteiger partial charge in [-0.05, 0) is 41.3 Å². The number of amides is 1. The zero-order valence-electron chi connectivity index (χ0n) is 22.8. The van der Waals surface area contributed by atoms with Crippen molar-refractivity contribution in [1.82, 2.24) is 25.4 Å². The SMILES string of the molecule is COc1ccccc1Oc1c(NS(=O)(=O)c2ccc(C(C)(C)C)cc2)nc(-c2ncccn2)nc1SCC(=O)NN. The molecule has 0 saturated heterocycles. The number of nitrogens with zero attached hydrogens (tertiary/aromatic N) is 4. The van der Waals surface area contributed by atoms with Gasteiger partial charge in [-0.1, -0.05) is 56.8 Å². The van der Waals surface area contributed by atoms with Crippen molar-refractivity contribution >= 4 is 33.5 Å². The number of hydrogen-bond acceptors (Lipinski definition) is 11. The van der Waals surface area contributed by atoms with Gasteiger partial charge in [0.05, 0.1) is 17.8 Å². The van der Waals surface area contributed by atoms with E-state index in [1.54, 1.807) is 42.5 Å². The molecule has 0 atom stereocenters. The van der Waals surface area contributed by atoms with Crippen LogP contribution in [0.1, 0.15) is 26.3 Å². The lowest BCUT2D eigenvalue weighted by Gasteiger charge is -2.20. The van der Waals surface area contributed by atoms with Crippen molar-refractivity contribution in [1.29, 1.82) is 0 Å². The molecule has 4 aromatic rings. The highest BCUT2D eigenvalue weighted by atomic mass is 32.2. The third-order valence-corrected chi connectivity index (χ3v) is 7.96. The normalized spacial score (nSPS) is 11.5. The van der Waals surface area contributed by atoms with Gasteiger partial charge in [0.2, 0.25) is 17.5 Å². The number of nitrogens with two attached hydrogens (primary N) is 1. The van der Waals surface area contributed by atoms with E-state index in [2.05, 4.69) is 30.1 Å². The van der Waals surface area contributed by atoms with Crippen molar-refractivity contribution in [3.05, 3.63) is 72.6 Å². The Labute approximate surface area is 242 Å². The summed E-state index contributed by atoms with van der Waals surface area (Å²) in [5.74, 6) is 5.17. The van der Waals surface area contributed by atoms with E-state index in [1.165, 1.54) is 31.6 Å². The molecule has 2 heterocycles. The second-order valence-electron chi connectivity index (χ2n) is 9.59. The molecule has 0 fully saturated rings. The van der Waals surface area contributed by atoms with E-state index in [9.17, 15) is 13.2 Å². The summed E-state index contributed by atoms with van der Waals surface area (Å²) in [6.45, 7) is 6.11. The summed E-state index contributed by atoms with van der Waals surface area (Å²) < 4.78 is 41.3. The Morgan fingerprint density at radius 3 is 2.22 bits per heavy atom. The fourth-order valence-electron chi connectivity index (χ4n) is 3.51. The van der Waals surface area contributed by atoms with Gasteiger partial charge in [0.1, 0.15) is 5.03 Å². The van der Waals surface area contributed by atoms with Crippen molar-refractivity contribution in [3.63, 3.8) is 0 Å². The third-order valence-electron chi connectivity index (χ3n) is 5.64. The smallest absolute Gasteiger partial charge is 0.263 e. The number of ether oxygens (including phenoxy) is 2. The third kappa shape index (κ3) is 7.28. The number of thioether (sulfide) groups is 1. The molecule has 0 unspecified atom stereocenters. The van der Waals surface area contributed by atoms with Crippen LogP contribution in [-0.2, 0) is 20.2 Å². The first-order valence-corrected chi connectivity index (χ1v) is 14.7. The molecule has 41 heavy (non-hydrogen) atoms. The van der Waals surface area contributed by atoms with Crippen LogP contribution in [0.5, 0.6) is 17.2 Å². The molecule has 2 aromatic heterocycles. The second-order valence-corrected chi connectivity index (χ2v) is 12.2. The molecule has 0 radical (unpaired) electrons. The van der Waals surface area contributed by atoms with Crippen LogP contribution in [0.3, 0.4) is 0 Å². The maximum absolute atomic E-state index is 13.6. The van der Waals surface area contributed by atoms with E-state index in [1.807, 2.05) is 20.8 Å². The van der Waals surface area contributed by atoms with E-state index in [4.69, 9.17) is 15.3 Å². The first kappa shape index (κ1) is 29.7. The van der Waals surface area contributed by atoms with Crippen LogP contribution in [0.4, 0.5) is 5.82 Å². The predicted molar refractivity (Wildman–Crippen MR) is 155 cm³/mol. The number of carbonyl (C=O) groups excluding carboxylic acids is 1. The van der Waals surface area contributed by atoms with Crippen LogP contribution >= 0.6 is 11.8 Å². The highest BCUT2D eigenvalue weighted by Gasteiger charge is 2.26. The number of benzene rings is 2. The van der Waals surface area contributed by atoms with Gasteiger partial charge in [-0.3, -0.25) is 14.9 Å². The highest BCUT2D eigenvalue weighted by molar-refractivity contribution is 8.00. The Kier molecular flexibility index (Phi) is 9.05. The summed E-state index contributed by atoms with van der Waals surface area (Å²) in [7, 11) is -2.69. The van der Waals surface area contributed by atoms with Gasteiger partial charge in [0, 0.05) is 12.4 Å². The van der Waals surface area contributed by atoms with E-state index in [-0.39, 0.29) is 50.1 Å². The molecule has 0 bridgehead atoms. The van der Waals surface area contributed by atoms with Crippen LogP contribution in [0, 0.1) is 0 Å². The van der Waals surface area contributed by atoms with Gasteiger partial charge in [0.15, 0.2) is 23.1 Å². The van der Waals surface area contributed by atoms with E-state index in [0.717, 1.165) is 17.3 Å². The number of rotatable bonds is 10. The van der Waals surface area contributed by atoms with Gasteiger partial charge >= 0.3 is 0 Å². The number of methoxy groups -OCH3 is 1. The molecule has 14 heteroatoms. The van der Waals surface area contributed by atoms with Gasteiger partial charge in [-0.2, -0.15) is 0 Å². The molecule has 2 aromatic carbocycles. The van der Waals surface area contributed by atoms with E-state index < -0.39 is 15.9 Å². The maximum atomic E-state index is 13.6. The van der Waals surface area contributed by atoms with Gasteiger partial charge in [0.25, 0.3) is 10.0 Å². The average Bonchev–Trinajstić information content (AvgIpc) is 2.97. The summed E-state index contributed by atoms with van der Waals surface area (Å²) in [5.41, 5.74) is 2.87. The lowest BCUT2D eigenvalue weighted by molar-refractivity contribution is -0.118. The monoisotopic (exact) mass is 595 g/mol. The van der Waals surface area contributed by atoms with E-state index in [0.29, 0.717) is 5.75 Å². The molecule has 0 aliphatic heterocycles. The summed E-state index contributed by atoms with van der Waals surface area (Å²) >= 11 is 0.963. The standard InChI is InChI=1S/C27H29N7O5S2/c1-27(2,3)17-10-12-18(13-11-17)41(36,37)34-23-22(39-20-9-6-5-8-19(20)38-4)26(40-16-21(35)33-28)32-25(31-23)24-29-14-7-15-30-24/h5-15H,16,28H2,1-4H3,(H,33,35)(H,31,32,34). The topological polar surface area (TPSA) is 171 Å². The van der Waals surface area contributed by atoms with E-state index >= 15 is 0 Å². The van der Waals surface area contributed by atoms with Gasteiger partial charge < -0.3 is 9.47 Å². The van der Waals surface area contributed by atoms with Crippen molar-refractivity contribution in [2.75, 3.05) is 17.6 Å². The highest BCUT2D eigenvalue weighted by Crippen LogP contribution is 2.41. The number of hydrogen-bond donors (Lipinski definition) is 3. The molecular weight excluding hydrogens is 566 g/mol. The average molecular weight is 596 g/mol. The minimum atomic E-state index is -4.16. The molecule has 4 rings (SSSR count). The molecule has 0 saturated carbocycles. The largest absolute Gasteiger partial charge is 0.493 e. The first-order valence-electron chi connectivity index (χ1n) is 12.3. The van der Waals surface area contributed by atoms with Crippen LogP contribution in [0.2, 0.25) is 0 Å². The van der Waals surface area contributed by atoms with Crippen LogP contribution in [0.15, 0.2) is 76.9 Å². The van der Waals surface area contributed by atoms with Crippen molar-refractivity contribution in [3.8, 4) is 28.9 Å². The number of para-hydroxylation sites is 2. The summed E-state index contributed by atoms with van der Waals surface area (Å²) in [4.78, 5) is 29.3. The fourth-order valence-corrected chi connectivity index (χ4v) is 5.29. The Morgan fingerprint density at radius 2 is 1.61 bits per heavy atom. The quantitative estimate of drug-likeness (QED) is 0.0798. The Hall–Kier alpha value is -4.27. The molecule has 0 spiro atoms. The van der Waals surface area contributed by atoms with Crippen molar-refractivity contribution in [2.24, 2.45) is 5.84 Å². The van der Waals surface area contributed by atoms with Crippen molar-refractivity contribution in [2.45, 2.75) is 36.1 Å². The molecule has 0 aliphatic carbocycles. The lowest BCUT2D eigenvalue weighted by atomic mass is 9.87. The molecule has 214 valence electrons. The zero-order chi connectivity index (χ0) is 29.6. The molecule has 12 nitrogen and oxygen atoms in total. The van der Waals surface area contributed by atoms with Crippen LogP contribution in [-0.4, -0.2) is 47.1 Å². The Morgan fingerprint density at radius 1 is 0.951 bits per heavy atom. The molecular formula is C27H29N7O5S2. The zero-order valence-corrected chi connectivity index (χ0v) is 24.4. The Bertz CT molecular complexity index is 1630. The summed E-state index contributed by atoms with van der Waals surface area (Å²) in [6.07, 6.45) is 3.00. The number of hydrazine groups is 1. The van der Waals surface area contributed by atoms with Crippen LogP contribution < -0.4 is 25.5 Å². The second kappa shape index (κ2) is 12.5. The minimum absolute atomic E-state index is 0.00872. The predicted octanol–water partition coefficient (Wildman–Crippen LogP) is 3.91. The fraction of sp³-hybridized carbons (Fsp3) is 0.222. The molecule has 4 N–H and O–H groups in total.